The summed E-state index contributed by atoms with van der Waals surface area (Å²) in [5, 5.41) is 5.39. The van der Waals surface area contributed by atoms with Crippen molar-refractivity contribution in [3.63, 3.8) is 0 Å². The zero-order valence-corrected chi connectivity index (χ0v) is 15.6. The Morgan fingerprint density at radius 2 is 1.83 bits per heavy atom. The maximum absolute atomic E-state index is 5.50. The summed E-state index contributed by atoms with van der Waals surface area (Å²) < 4.78 is 7.97. The zero-order valence-electron chi connectivity index (χ0n) is 14.8. The molecule has 2 aliphatic carbocycles. The third kappa shape index (κ3) is 3.13. The Balaban J connectivity index is 1.55. The van der Waals surface area contributed by atoms with Gasteiger partial charge < -0.3 is 9.09 Å². The van der Waals surface area contributed by atoms with Gasteiger partial charge in [0, 0.05) is 17.7 Å². The Morgan fingerprint density at radius 1 is 1.08 bits per heavy atom. The van der Waals surface area contributed by atoms with Crippen molar-refractivity contribution in [3.05, 3.63) is 23.1 Å². The molecule has 0 aliphatic heterocycles. The van der Waals surface area contributed by atoms with E-state index in [1.807, 2.05) is 0 Å². The lowest BCUT2D eigenvalue weighted by molar-refractivity contribution is 0.332. The molecule has 130 valence electrons. The van der Waals surface area contributed by atoms with Crippen molar-refractivity contribution in [2.75, 3.05) is 0 Å². The summed E-state index contributed by atoms with van der Waals surface area (Å²) in [6.45, 7) is 6.45. The average Bonchev–Trinajstić information content (AvgIpc) is 3.25. The second-order valence-corrected chi connectivity index (χ2v) is 8.56. The third-order valence-corrected chi connectivity index (χ3v) is 6.38. The summed E-state index contributed by atoms with van der Waals surface area (Å²) in [5.41, 5.74) is 2.44. The van der Waals surface area contributed by atoms with Crippen LogP contribution >= 0.6 is 11.8 Å². The second kappa shape index (κ2) is 6.54. The lowest BCUT2D eigenvalue weighted by Gasteiger charge is -2.26. The van der Waals surface area contributed by atoms with Crippen LogP contribution < -0.4 is 0 Å². The highest BCUT2D eigenvalue weighted by Crippen LogP contribution is 2.41. The quantitative estimate of drug-likeness (QED) is 0.703. The van der Waals surface area contributed by atoms with Crippen LogP contribution in [0.5, 0.6) is 0 Å². The van der Waals surface area contributed by atoms with Crippen LogP contribution in [0.4, 0.5) is 0 Å². The Labute approximate surface area is 147 Å². The normalized spacial score (nSPS) is 20.5. The van der Waals surface area contributed by atoms with Crippen molar-refractivity contribution in [2.24, 2.45) is 0 Å². The van der Waals surface area contributed by atoms with E-state index in [4.69, 9.17) is 9.51 Å². The minimum absolute atomic E-state index is 0.133. The molecule has 0 radical (unpaired) electrons. The molecule has 6 heteroatoms. The van der Waals surface area contributed by atoms with Crippen molar-refractivity contribution in [1.82, 2.24) is 19.7 Å². The predicted octanol–water partition coefficient (Wildman–Crippen LogP) is 5.12. The molecule has 2 saturated carbocycles. The van der Waals surface area contributed by atoms with Crippen molar-refractivity contribution in [2.45, 2.75) is 88.1 Å². The van der Waals surface area contributed by atoms with E-state index < -0.39 is 0 Å². The van der Waals surface area contributed by atoms with E-state index in [9.17, 15) is 0 Å². The van der Waals surface area contributed by atoms with Crippen molar-refractivity contribution >= 4 is 11.8 Å². The Hall–Kier alpha value is -1.30. The van der Waals surface area contributed by atoms with Crippen LogP contribution in [0.25, 0.3) is 0 Å². The van der Waals surface area contributed by atoms with E-state index in [2.05, 4.69) is 35.5 Å². The van der Waals surface area contributed by atoms with Gasteiger partial charge in [-0.1, -0.05) is 36.2 Å². The Morgan fingerprint density at radius 3 is 2.54 bits per heavy atom. The molecule has 0 N–H and O–H groups in total. The monoisotopic (exact) mass is 346 g/mol. The van der Waals surface area contributed by atoms with Gasteiger partial charge in [0.05, 0.1) is 10.9 Å². The third-order valence-electron chi connectivity index (χ3n) is 5.32. The van der Waals surface area contributed by atoms with Crippen LogP contribution in [0, 0.1) is 13.8 Å². The molecular formula is C18H26N4OS. The number of hydrogen-bond donors (Lipinski definition) is 0. The van der Waals surface area contributed by atoms with Gasteiger partial charge in [0.1, 0.15) is 0 Å². The van der Waals surface area contributed by atoms with E-state index in [1.54, 1.807) is 11.8 Å². The van der Waals surface area contributed by atoms with Crippen molar-refractivity contribution in [3.8, 4) is 0 Å². The van der Waals surface area contributed by atoms with E-state index in [0.717, 1.165) is 22.6 Å². The highest BCUT2D eigenvalue weighted by atomic mass is 32.2. The molecule has 2 heterocycles. The molecule has 2 aromatic rings. The van der Waals surface area contributed by atoms with Gasteiger partial charge in [-0.2, -0.15) is 4.98 Å². The average molecular weight is 347 g/mol. The van der Waals surface area contributed by atoms with Crippen molar-refractivity contribution < 1.29 is 4.52 Å². The zero-order chi connectivity index (χ0) is 16.7. The maximum Gasteiger partial charge on any atom is 0.239 e. The van der Waals surface area contributed by atoms with Gasteiger partial charge in [-0.15, -0.1) is 0 Å². The van der Waals surface area contributed by atoms with Gasteiger partial charge >= 0.3 is 0 Å². The maximum atomic E-state index is 5.50. The SMILES string of the molecule is Cc1nc(S[C@H](C)c2nc(C3CC3)no2)n(C2CCCCC2)c1C. The molecule has 2 aliphatic rings. The smallest absolute Gasteiger partial charge is 0.239 e. The van der Waals surface area contributed by atoms with Crippen molar-refractivity contribution in [1.29, 1.82) is 0 Å². The number of thioether (sulfide) groups is 1. The summed E-state index contributed by atoms with van der Waals surface area (Å²) in [6, 6.07) is 0.597. The standard InChI is InChI=1S/C18H26N4OS/c1-11-12(2)22(15-7-5-4-6-8-15)18(19-11)24-13(3)17-20-16(21-23-17)14-9-10-14/h13-15H,4-10H2,1-3H3/t13-/m1/s1. The first kappa shape index (κ1) is 16.2. The van der Waals surface area contributed by atoms with Crippen LogP contribution in [-0.2, 0) is 0 Å². The van der Waals surface area contributed by atoms with Gasteiger partial charge in [0.15, 0.2) is 11.0 Å². The lowest BCUT2D eigenvalue weighted by atomic mass is 9.95. The van der Waals surface area contributed by atoms with Crippen LogP contribution in [0.15, 0.2) is 9.68 Å². The summed E-state index contributed by atoms with van der Waals surface area (Å²) in [7, 11) is 0. The number of rotatable bonds is 5. The first-order valence-electron chi connectivity index (χ1n) is 9.19. The molecule has 0 bridgehead atoms. The molecule has 4 rings (SSSR count). The molecule has 0 unspecified atom stereocenters. The predicted molar refractivity (Wildman–Crippen MR) is 94.4 cm³/mol. The van der Waals surface area contributed by atoms with E-state index >= 15 is 0 Å². The molecule has 2 fully saturated rings. The summed E-state index contributed by atoms with van der Waals surface area (Å²) in [6.07, 6.45) is 8.96. The fraction of sp³-hybridized carbons (Fsp3) is 0.722. The fourth-order valence-corrected chi connectivity index (χ4v) is 4.68. The summed E-state index contributed by atoms with van der Waals surface area (Å²) in [5.74, 6) is 2.16. The first-order chi connectivity index (χ1) is 11.6. The molecule has 1 atom stereocenters. The number of imidazole rings is 1. The van der Waals surface area contributed by atoms with Crippen LogP contribution in [0.3, 0.4) is 0 Å². The van der Waals surface area contributed by atoms with Crippen LogP contribution in [0.2, 0.25) is 0 Å². The number of aromatic nitrogens is 4. The van der Waals surface area contributed by atoms with Gasteiger partial charge in [-0.05, 0) is 46.5 Å². The topological polar surface area (TPSA) is 56.7 Å². The number of nitrogens with zero attached hydrogens (tertiary/aromatic N) is 4. The Bertz CT molecular complexity index is 713. The fourth-order valence-electron chi connectivity index (χ4n) is 3.58. The minimum Gasteiger partial charge on any atom is -0.338 e. The van der Waals surface area contributed by atoms with E-state index in [0.29, 0.717) is 12.0 Å². The highest BCUT2D eigenvalue weighted by Gasteiger charge is 2.30. The Kier molecular flexibility index (Phi) is 4.41. The van der Waals surface area contributed by atoms with Gasteiger partial charge in [0.2, 0.25) is 5.89 Å². The highest BCUT2D eigenvalue weighted by molar-refractivity contribution is 7.99. The molecule has 0 aromatic carbocycles. The molecule has 24 heavy (non-hydrogen) atoms. The summed E-state index contributed by atoms with van der Waals surface area (Å²) >= 11 is 1.75. The molecule has 0 saturated heterocycles. The molecule has 5 nitrogen and oxygen atoms in total. The second-order valence-electron chi connectivity index (χ2n) is 7.25. The molecule has 0 spiro atoms. The molecule has 0 amide bonds. The van der Waals surface area contributed by atoms with Gasteiger partial charge in [-0.25, -0.2) is 4.98 Å². The van der Waals surface area contributed by atoms with Gasteiger partial charge in [-0.3, -0.25) is 0 Å². The molecular weight excluding hydrogens is 320 g/mol. The summed E-state index contributed by atoms with van der Waals surface area (Å²) in [4.78, 5) is 9.45. The molecule has 2 aromatic heterocycles. The lowest BCUT2D eigenvalue weighted by Crippen LogP contribution is -2.15. The largest absolute Gasteiger partial charge is 0.338 e. The van der Waals surface area contributed by atoms with Crippen LogP contribution in [0.1, 0.15) is 92.2 Å². The minimum atomic E-state index is 0.133. The van der Waals surface area contributed by atoms with Gasteiger partial charge in [0.25, 0.3) is 0 Å². The first-order valence-corrected chi connectivity index (χ1v) is 10.1. The van der Waals surface area contributed by atoms with Crippen LogP contribution in [-0.4, -0.2) is 19.7 Å². The van der Waals surface area contributed by atoms with E-state index in [-0.39, 0.29) is 5.25 Å². The number of hydrogen-bond acceptors (Lipinski definition) is 5. The van der Waals surface area contributed by atoms with E-state index in [1.165, 1.54) is 50.6 Å². The number of aryl methyl sites for hydroxylation is 1.